The molecule has 1 saturated carbocycles. The molecule has 1 aromatic carbocycles. The maximum atomic E-state index is 12.4. The molecule has 1 aliphatic carbocycles. The first-order chi connectivity index (χ1) is 11.5. The molecular weight excluding hydrogens is 328 g/mol. The Morgan fingerprint density at radius 3 is 2.75 bits per heavy atom. The number of carbonyl (C=O) groups is 2. The molecule has 0 spiro atoms. The Balaban J connectivity index is 1.60. The molecule has 3 rings (SSSR count). The van der Waals surface area contributed by atoms with Crippen molar-refractivity contribution in [1.29, 1.82) is 0 Å². The van der Waals surface area contributed by atoms with Crippen LogP contribution in [-0.4, -0.2) is 34.0 Å². The summed E-state index contributed by atoms with van der Waals surface area (Å²) in [6, 6.07) is 7.35. The predicted octanol–water partition coefficient (Wildman–Crippen LogP) is 0.844. The highest BCUT2D eigenvalue weighted by Gasteiger charge is 2.23. The van der Waals surface area contributed by atoms with Crippen molar-refractivity contribution in [1.82, 2.24) is 20.2 Å². The van der Waals surface area contributed by atoms with Crippen molar-refractivity contribution in [2.75, 3.05) is 6.54 Å². The number of fused-ring (bicyclic) bond motifs is 1. The number of hydrogen-bond donors (Lipinski definition) is 3. The fraction of sp³-hybridized carbons (Fsp3) is 0.375. The van der Waals surface area contributed by atoms with Gasteiger partial charge >= 0.3 is 0 Å². The Bertz CT molecular complexity index is 898. The quantitative estimate of drug-likeness (QED) is 0.676. The van der Waals surface area contributed by atoms with Gasteiger partial charge in [0.2, 0.25) is 11.8 Å². The van der Waals surface area contributed by atoms with Crippen LogP contribution in [0.15, 0.2) is 29.1 Å². The Hall–Kier alpha value is -2.48. The summed E-state index contributed by atoms with van der Waals surface area (Å²) >= 11 is 5.19. The number of aromatic amines is 1. The van der Waals surface area contributed by atoms with E-state index in [0.717, 1.165) is 12.8 Å². The first kappa shape index (κ1) is 16.4. The molecule has 0 bridgehead atoms. The number of nitrogens with zero attached hydrogens (tertiary/aromatic N) is 1. The lowest BCUT2D eigenvalue weighted by atomic mass is 10.2. The summed E-state index contributed by atoms with van der Waals surface area (Å²) in [6.45, 7) is 0.115. The van der Waals surface area contributed by atoms with Crippen LogP contribution < -0.4 is 16.2 Å². The molecule has 2 amide bonds. The Morgan fingerprint density at radius 2 is 2.00 bits per heavy atom. The molecule has 8 heteroatoms. The summed E-state index contributed by atoms with van der Waals surface area (Å²) in [6.07, 6.45) is 2.08. The van der Waals surface area contributed by atoms with E-state index < -0.39 is 0 Å². The average Bonchev–Trinajstić information content (AvgIpc) is 3.36. The van der Waals surface area contributed by atoms with Crippen LogP contribution in [0.3, 0.4) is 0 Å². The van der Waals surface area contributed by atoms with E-state index >= 15 is 0 Å². The number of rotatable bonds is 6. The van der Waals surface area contributed by atoms with Crippen LogP contribution in [0.2, 0.25) is 0 Å². The van der Waals surface area contributed by atoms with E-state index in [1.807, 2.05) is 6.07 Å². The van der Waals surface area contributed by atoms with Gasteiger partial charge in [-0.3, -0.25) is 19.0 Å². The Morgan fingerprint density at radius 1 is 1.25 bits per heavy atom. The van der Waals surface area contributed by atoms with Gasteiger partial charge in [0.05, 0.1) is 17.4 Å². The summed E-state index contributed by atoms with van der Waals surface area (Å²) in [5.74, 6) is -0.485. The maximum Gasteiger partial charge on any atom is 0.262 e. The molecule has 1 heterocycles. The van der Waals surface area contributed by atoms with Gasteiger partial charge in [0.15, 0.2) is 4.77 Å². The summed E-state index contributed by atoms with van der Waals surface area (Å²) in [5, 5.41) is 5.87. The van der Waals surface area contributed by atoms with E-state index in [-0.39, 0.29) is 47.7 Å². The number of H-pyrrole nitrogens is 1. The zero-order valence-corrected chi connectivity index (χ0v) is 13.8. The molecule has 0 radical (unpaired) electrons. The van der Waals surface area contributed by atoms with Crippen LogP contribution >= 0.6 is 12.2 Å². The molecule has 126 valence electrons. The van der Waals surface area contributed by atoms with Crippen LogP contribution in [0.25, 0.3) is 10.9 Å². The number of aromatic nitrogens is 2. The van der Waals surface area contributed by atoms with Gasteiger partial charge in [-0.05, 0) is 37.2 Å². The standard InChI is InChI=1S/C16H18N4O3S/c21-13(17-9-14(22)18-10-5-6-10)7-8-20-15(23)11-3-1-2-4-12(11)19-16(20)24/h1-4,10H,5-9H2,(H,17,21)(H,18,22)(H,19,24). The van der Waals surface area contributed by atoms with Crippen molar-refractivity contribution in [2.45, 2.75) is 31.8 Å². The van der Waals surface area contributed by atoms with E-state index in [2.05, 4.69) is 15.6 Å². The topological polar surface area (TPSA) is 96.0 Å². The number of hydrogen-bond acceptors (Lipinski definition) is 4. The molecule has 24 heavy (non-hydrogen) atoms. The van der Waals surface area contributed by atoms with Gasteiger partial charge in [0, 0.05) is 19.0 Å². The van der Waals surface area contributed by atoms with Gasteiger partial charge in [-0.25, -0.2) is 0 Å². The van der Waals surface area contributed by atoms with E-state index in [0.29, 0.717) is 10.9 Å². The van der Waals surface area contributed by atoms with Crippen molar-refractivity contribution in [3.8, 4) is 0 Å². The van der Waals surface area contributed by atoms with Crippen LogP contribution in [0.1, 0.15) is 19.3 Å². The molecule has 0 aliphatic heterocycles. The van der Waals surface area contributed by atoms with Crippen molar-refractivity contribution < 1.29 is 9.59 Å². The average molecular weight is 346 g/mol. The zero-order chi connectivity index (χ0) is 17.1. The van der Waals surface area contributed by atoms with Gasteiger partial charge in [-0.15, -0.1) is 0 Å². The SMILES string of the molecule is O=C(CCn1c(=S)[nH]c2ccccc2c1=O)NCC(=O)NC1CC1. The molecule has 0 atom stereocenters. The van der Waals surface area contributed by atoms with Crippen molar-refractivity contribution in [2.24, 2.45) is 0 Å². The number of nitrogens with one attached hydrogen (secondary N) is 3. The smallest absolute Gasteiger partial charge is 0.262 e. The van der Waals surface area contributed by atoms with Crippen molar-refractivity contribution in [3.05, 3.63) is 39.4 Å². The van der Waals surface area contributed by atoms with E-state index in [4.69, 9.17) is 12.2 Å². The first-order valence-electron chi connectivity index (χ1n) is 7.82. The van der Waals surface area contributed by atoms with Gasteiger partial charge < -0.3 is 15.6 Å². The van der Waals surface area contributed by atoms with Crippen LogP contribution in [0.4, 0.5) is 0 Å². The van der Waals surface area contributed by atoms with Crippen LogP contribution in [0.5, 0.6) is 0 Å². The minimum atomic E-state index is -0.296. The highest BCUT2D eigenvalue weighted by molar-refractivity contribution is 7.71. The van der Waals surface area contributed by atoms with Gasteiger partial charge in [-0.2, -0.15) is 0 Å². The maximum absolute atomic E-state index is 12.4. The number of amides is 2. The van der Waals surface area contributed by atoms with Gasteiger partial charge in [0.25, 0.3) is 5.56 Å². The highest BCUT2D eigenvalue weighted by atomic mass is 32.1. The fourth-order valence-corrected chi connectivity index (χ4v) is 2.67. The zero-order valence-electron chi connectivity index (χ0n) is 13.0. The highest BCUT2D eigenvalue weighted by Crippen LogP contribution is 2.18. The lowest BCUT2D eigenvalue weighted by Crippen LogP contribution is -2.38. The monoisotopic (exact) mass is 346 g/mol. The normalized spacial score (nSPS) is 13.7. The number of benzene rings is 1. The molecule has 1 aliphatic rings. The van der Waals surface area contributed by atoms with Crippen molar-refractivity contribution in [3.63, 3.8) is 0 Å². The summed E-state index contributed by atoms with van der Waals surface area (Å²) in [4.78, 5) is 38.8. The number of para-hydroxylation sites is 1. The fourth-order valence-electron chi connectivity index (χ4n) is 2.39. The van der Waals surface area contributed by atoms with E-state index in [1.165, 1.54) is 4.57 Å². The molecular formula is C16H18N4O3S. The molecule has 0 saturated heterocycles. The molecule has 1 aromatic heterocycles. The molecule has 3 N–H and O–H groups in total. The predicted molar refractivity (Wildman–Crippen MR) is 92.2 cm³/mol. The molecule has 1 fully saturated rings. The second kappa shape index (κ2) is 6.96. The second-order valence-corrected chi connectivity index (χ2v) is 6.19. The van der Waals surface area contributed by atoms with Gasteiger partial charge in [0.1, 0.15) is 0 Å². The first-order valence-corrected chi connectivity index (χ1v) is 8.23. The van der Waals surface area contributed by atoms with Gasteiger partial charge in [-0.1, -0.05) is 12.1 Å². The third-order valence-corrected chi connectivity index (χ3v) is 4.16. The minimum Gasteiger partial charge on any atom is -0.352 e. The summed E-state index contributed by atoms with van der Waals surface area (Å²) < 4.78 is 1.64. The Kier molecular flexibility index (Phi) is 4.75. The third kappa shape index (κ3) is 3.88. The van der Waals surface area contributed by atoms with E-state index in [1.54, 1.807) is 18.2 Å². The largest absolute Gasteiger partial charge is 0.352 e. The molecule has 2 aromatic rings. The minimum absolute atomic E-state index is 0.0468. The Labute approximate surface area is 143 Å². The molecule has 7 nitrogen and oxygen atoms in total. The lowest BCUT2D eigenvalue weighted by Gasteiger charge is -2.09. The van der Waals surface area contributed by atoms with Crippen LogP contribution in [0, 0.1) is 4.77 Å². The second-order valence-electron chi connectivity index (χ2n) is 5.80. The van der Waals surface area contributed by atoms with E-state index in [9.17, 15) is 14.4 Å². The molecule has 0 unspecified atom stereocenters. The summed E-state index contributed by atoms with van der Waals surface area (Å²) in [7, 11) is 0. The summed E-state index contributed by atoms with van der Waals surface area (Å²) in [5.41, 5.74) is 0.443. The third-order valence-electron chi connectivity index (χ3n) is 3.84. The van der Waals surface area contributed by atoms with Crippen molar-refractivity contribution >= 4 is 34.9 Å². The number of carbonyl (C=O) groups excluding carboxylic acids is 2. The van der Waals surface area contributed by atoms with Crippen LogP contribution in [-0.2, 0) is 16.1 Å². The lowest BCUT2D eigenvalue weighted by molar-refractivity contribution is -0.126.